The first kappa shape index (κ1) is 29.2. The van der Waals surface area contributed by atoms with Crippen molar-refractivity contribution < 1.29 is 0 Å². The molecule has 51 heavy (non-hydrogen) atoms. The summed E-state index contributed by atoms with van der Waals surface area (Å²) < 4.78 is 1.07. The second-order valence-corrected chi connectivity index (χ2v) is 13.4. The summed E-state index contributed by atoms with van der Waals surface area (Å²) in [5, 5.41) is 6.56. The van der Waals surface area contributed by atoms with Gasteiger partial charge in [0.2, 0.25) is 0 Å². The molecule has 0 unspecified atom stereocenters. The van der Waals surface area contributed by atoms with E-state index >= 15 is 0 Å². The first-order valence-corrected chi connectivity index (χ1v) is 17.5. The van der Waals surface area contributed by atoms with Crippen LogP contribution in [0.5, 0.6) is 0 Å². The lowest BCUT2D eigenvalue weighted by Gasteiger charge is -2.15. The van der Waals surface area contributed by atoms with E-state index < -0.39 is 0 Å². The highest BCUT2D eigenvalue weighted by molar-refractivity contribution is 7.25. The van der Waals surface area contributed by atoms with Gasteiger partial charge in [-0.15, -0.1) is 11.3 Å². The molecule has 0 N–H and O–H groups in total. The SMILES string of the molecule is c1ccc(-c2nc(-c3ccccc3)nc(-c3cc(-c4nc(-c5nccc6c5sc5ncccc56)cc5ccccc45)c4ccccc4c3)n2)cc1. The van der Waals surface area contributed by atoms with E-state index in [1.807, 2.05) is 79.1 Å². The highest BCUT2D eigenvalue weighted by Gasteiger charge is 2.19. The molecule has 7 heteroatoms. The molecule has 0 atom stereocenters. The first-order valence-electron chi connectivity index (χ1n) is 16.7. The molecule has 5 aromatic carbocycles. The summed E-state index contributed by atoms with van der Waals surface area (Å²) >= 11 is 1.66. The lowest BCUT2D eigenvalue weighted by atomic mass is 9.94. The van der Waals surface area contributed by atoms with Gasteiger partial charge in [0, 0.05) is 50.8 Å². The Morgan fingerprint density at radius 3 is 1.73 bits per heavy atom. The molecule has 0 saturated heterocycles. The van der Waals surface area contributed by atoms with Gasteiger partial charge < -0.3 is 0 Å². The largest absolute Gasteiger partial charge is 0.253 e. The van der Waals surface area contributed by atoms with Crippen LogP contribution in [0.3, 0.4) is 0 Å². The Morgan fingerprint density at radius 2 is 1.00 bits per heavy atom. The molecule has 5 heterocycles. The second kappa shape index (κ2) is 12.0. The Morgan fingerprint density at radius 1 is 0.392 bits per heavy atom. The van der Waals surface area contributed by atoms with Crippen LogP contribution in [0.25, 0.3) is 98.7 Å². The first-order chi connectivity index (χ1) is 25.3. The number of thiophene rings is 1. The molecule has 0 amide bonds. The van der Waals surface area contributed by atoms with Gasteiger partial charge in [0.25, 0.3) is 0 Å². The van der Waals surface area contributed by atoms with Crippen LogP contribution in [0.15, 0.2) is 158 Å². The zero-order valence-electron chi connectivity index (χ0n) is 27.1. The monoisotopic (exact) mass is 670 g/mol. The normalized spacial score (nSPS) is 11.5. The van der Waals surface area contributed by atoms with E-state index in [4.69, 9.17) is 24.9 Å². The minimum absolute atomic E-state index is 0.597. The number of rotatable bonds is 5. The van der Waals surface area contributed by atoms with E-state index in [9.17, 15) is 0 Å². The molecule has 5 aromatic heterocycles. The van der Waals surface area contributed by atoms with Crippen molar-refractivity contribution in [3.8, 4) is 56.8 Å². The third-order valence-electron chi connectivity index (χ3n) is 9.22. The van der Waals surface area contributed by atoms with Crippen molar-refractivity contribution in [3.63, 3.8) is 0 Å². The Labute approximate surface area is 296 Å². The van der Waals surface area contributed by atoms with Crippen molar-refractivity contribution in [1.29, 1.82) is 0 Å². The molecule has 0 aliphatic rings. The van der Waals surface area contributed by atoms with Gasteiger partial charge in [-0.25, -0.2) is 24.9 Å². The number of hydrogen-bond donors (Lipinski definition) is 0. The fourth-order valence-electron chi connectivity index (χ4n) is 6.82. The van der Waals surface area contributed by atoms with Crippen LogP contribution in [0.1, 0.15) is 0 Å². The molecule has 0 saturated carbocycles. The van der Waals surface area contributed by atoms with Gasteiger partial charge >= 0.3 is 0 Å². The standard InChI is InChI=1S/C44H26N6S/c1-3-12-27(13-4-1)41-48-42(28-14-5-2-6-15-28)50-43(49-41)31-24-29-16-7-9-18-32(29)36(25-31)38-33-19-10-8-17-30(33)26-37(47-38)39-40-34(21-23-45-39)35-20-11-22-46-44(35)51-40/h1-26H. The Kier molecular flexibility index (Phi) is 6.89. The maximum absolute atomic E-state index is 5.45. The molecule has 10 rings (SSSR count). The minimum Gasteiger partial charge on any atom is -0.253 e. The van der Waals surface area contributed by atoms with Crippen LogP contribution in [-0.4, -0.2) is 29.9 Å². The predicted octanol–water partition coefficient (Wildman–Crippen LogP) is 11.1. The zero-order valence-corrected chi connectivity index (χ0v) is 27.9. The number of fused-ring (bicyclic) bond motifs is 5. The highest BCUT2D eigenvalue weighted by Crippen LogP contribution is 2.41. The zero-order chi connectivity index (χ0) is 33.7. The Bertz CT molecular complexity index is 2870. The molecule has 0 radical (unpaired) electrons. The van der Waals surface area contributed by atoms with Crippen molar-refractivity contribution in [1.82, 2.24) is 29.9 Å². The summed E-state index contributed by atoms with van der Waals surface area (Å²) in [6.45, 7) is 0. The van der Waals surface area contributed by atoms with E-state index in [0.29, 0.717) is 17.5 Å². The third kappa shape index (κ3) is 5.10. The number of pyridine rings is 3. The lowest BCUT2D eigenvalue weighted by Crippen LogP contribution is -2.00. The van der Waals surface area contributed by atoms with Crippen LogP contribution >= 0.6 is 11.3 Å². The Hall–Kier alpha value is -6.70. The van der Waals surface area contributed by atoms with Crippen LogP contribution in [0.4, 0.5) is 0 Å². The van der Waals surface area contributed by atoms with E-state index in [2.05, 4.69) is 83.8 Å². The number of benzene rings is 5. The van der Waals surface area contributed by atoms with E-state index in [0.717, 1.165) is 81.2 Å². The quantitative estimate of drug-likeness (QED) is 0.181. The van der Waals surface area contributed by atoms with Crippen molar-refractivity contribution >= 4 is 53.2 Å². The molecule has 0 aliphatic heterocycles. The molecular formula is C44H26N6S. The van der Waals surface area contributed by atoms with Gasteiger partial charge in [-0.3, -0.25) is 4.98 Å². The van der Waals surface area contributed by atoms with Crippen LogP contribution in [0.2, 0.25) is 0 Å². The molecule has 0 fully saturated rings. The fourth-order valence-corrected chi connectivity index (χ4v) is 7.96. The summed E-state index contributed by atoms with van der Waals surface area (Å²) in [5.41, 5.74) is 6.27. The van der Waals surface area contributed by atoms with Crippen LogP contribution in [0, 0.1) is 0 Å². The summed E-state index contributed by atoms with van der Waals surface area (Å²) in [4.78, 5) is 31.1. The average Bonchev–Trinajstić information content (AvgIpc) is 3.59. The van der Waals surface area contributed by atoms with Gasteiger partial charge in [0.15, 0.2) is 17.5 Å². The topological polar surface area (TPSA) is 77.3 Å². The summed E-state index contributed by atoms with van der Waals surface area (Å²) in [7, 11) is 0. The predicted molar refractivity (Wildman–Crippen MR) is 208 cm³/mol. The van der Waals surface area contributed by atoms with E-state index in [-0.39, 0.29) is 0 Å². The number of hydrogen-bond acceptors (Lipinski definition) is 7. The van der Waals surface area contributed by atoms with Crippen molar-refractivity contribution in [3.05, 3.63) is 158 Å². The molecular weight excluding hydrogens is 645 g/mol. The lowest BCUT2D eigenvalue weighted by molar-refractivity contribution is 1.07. The van der Waals surface area contributed by atoms with Gasteiger partial charge in [-0.05, 0) is 52.6 Å². The van der Waals surface area contributed by atoms with Crippen molar-refractivity contribution in [2.24, 2.45) is 0 Å². The number of nitrogens with zero attached hydrogens (tertiary/aromatic N) is 6. The summed E-state index contributed by atoms with van der Waals surface area (Å²) in [5.74, 6) is 1.84. The minimum atomic E-state index is 0.597. The van der Waals surface area contributed by atoms with Crippen molar-refractivity contribution in [2.75, 3.05) is 0 Å². The van der Waals surface area contributed by atoms with E-state index in [1.165, 1.54) is 0 Å². The van der Waals surface area contributed by atoms with Crippen LogP contribution in [-0.2, 0) is 0 Å². The maximum atomic E-state index is 5.45. The number of aromatic nitrogens is 6. The van der Waals surface area contributed by atoms with Gasteiger partial charge in [0.1, 0.15) is 10.5 Å². The maximum Gasteiger partial charge on any atom is 0.164 e. The van der Waals surface area contributed by atoms with Crippen molar-refractivity contribution in [2.45, 2.75) is 0 Å². The summed E-state index contributed by atoms with van der Waals surface area (Å²) in [6.07, 6.45) is 3.71. The molecule has 0 spiro atoms. The molecule has 6 nitrogen and oxygen atoms in total. The van der Waals surface area contributed by atoms with E-state index in [1.54, 1.807) is 11.3 Å². The highest BCUT2D eigenvalue weighted by atomic mass is 32.1. The van der Waals surface area contributed by atoms with Gasteiger partial charge in [-0.1, -0.05) is 109 Å². The second-order valence-electron chi connectivity index (χ2n) is 12.4. The third-order valence-corrected chi connectivity index (χ3v) is 10.4. The fraction of sp³-hybridized carbons (Fsp3) is 0. The Balaban J connectivity index is 1.23. The smallest absolute Gasteiger partial charge is 0.164 e. The molecule has 0 bridgehead atoms. The average molecular weight is 671 g/mol. The molecule has 0 aliphatic carbocycles. The van der Waals surface area contributed by atoms with Gasteiger partial charge in [0.05, 0.1) is 16.1 Å². The van der Waals surface area contributed by atoms with Crippen LogP contribution < -0.4 is 0 Å². The molecule has 238 valence electrons. The van der Waals surface area contributed by atoms with Gasteiger partial charge in [-0.2, -0.15) is 0 Å². The summed E-state index contributed by atoms with van der Waals surface area (Å²) in [6, 6.07) is 49.7. The molecule has 10 aromatic rings.